The topological polar surface area (TPSA) is 68.5 Å². The van der Waals surface area contributed by atoms with Gasteiger partial charge in [0.25, 0.3) is 5.91 Å². The highest BCUT2D eigenvalue weighted by Gasteiger charge is 2.31. The number of ether oxygens (including phenoxy) is 1. The molecule has 1 aliphatic rings. The molecule has 0 amide bonds. The van der Waals surface area contributed by atoms with E-state index in [2.05, 4.69) is 0 Å². The lowest BCUT2D eigenvalue weighted by molar-refractivity contribution is -0.150. The smallest absolute Gasteiger partial charge is 0.313 e. The predicted molar refractivity (Wildman–Crippen MR) is 111 cm³/mol. The number of fused-ring (bicyclic) bond motifs is 1. The Kier molecular flexibility index (Phi) is 5.52. The highest BCUT2D eigenvalue weighted by atomic mass is 19.1. The summed E-state index contributed by atoms with van der Waals surface area (Å²) in [5, 5.41) is 9.93. The first-order valence-electron chi connectivity index (χ1n) is 10.3. The number of aromatic nitrogens is 1. The number of carbonyl (C=O) groups is 2. The van der Waals surface area contributed by atoms with E-state index >= 15 is 4.39 Å². The Morgan fingerprint density at radius 1 is 1.16 bits per heavy atom. The van der Waals surface area contributed by atoms with Gasteiger partial charge in [0.15, 0.2) is 11.6 Å². The first-order valence-corrected chi connectivity index (χ1v) is 10.3. The molecule has 0 aliphatic heterocycles. The summed E-state index contributed by atoms with van der Waals surface area (Å²) in [5.41, 5.74) is 0.888. The first-order chi connectivity index (χ1) is 14.8. The molecule has 7 heteroatoms. The molecule has 0 bridgehead atoms. The molecule has 31 heavy (non-hydrogen) atoms. The van der Waals surface area contributed by atoms with Crippen LogP contribution in [-0.2, 0) is 9.53 Å². The fourth-order valence-corrected chi connectivity index (χ4v) is 4.41. The standard InChI is InChI=1S/C24H23F2NO4/c1-13(24(30)31-17-8-3-4-9-17)20-14(2)27(18-10-11-19(28)22(26)21(18)20)23(29)15-6-5-7-16(25)12-15/h5-7,10-13,17,28H,3-4,8-9H2,1-2H3. The third kappa shape index (κ3) is 3.69. The van der Waals surface area contributed by atoms with Crippen molar-refractivity contribution in [1.29, 1.82) is 0 Å². The van der Waals surface area contributed by atoms with Gasteiger partial charge in [0.05, 0.1) is 11.4 Å². The lowest BCUT2D eigenvalue weighted by Crippen LogP contribution is -2.20. The molecule has 1 aromatic heterocycles. The van der Waals surface area contributed by atoms with E-state index in [1.165, 1.54) is 28.8 Å². The van der Waals surface area contributed by atoms with Crippen molar-refractivity contribution < 1.29 is 28.2 Å². The van der Waals surface area contributed by atoms with Crippen LogP contribution in [0.25, 0.3) is 10.9 Å². The molecular formula is C24H23F2NO4. The summed E-state index contributed by atoms with van der Waals surface area (Å²) in [4.78, 5) is 26.0. The molecule has 3 aromatic rings. The molecule has 1 heterocycles. The van der Waals surface area contributed by atoms with E-state index in [9.17, 15) is 19.1 Å². The number of hydrogen-bond acceptors (Lipinski definition) is 4. The Morgan fingerprint density at radius 3 is 2.55 bits per heavy atom. The molecule has 0 saturated heterocycles. The average molecular weight is 427 g/mol. The van der Waals surface area contributed by atoms with Crippen molar-refractivity contribution in [3.8, 4) is 5.75 Å². The molecule has 1 atom stereocenters. The van der Waals surface area contributed by atoms with Crippen molar-refractivity contribution in [3.63, 3.8) is 0 Å². The summed E-state index contributed by atoms with van der Waals surface area (Å²) in [6.07, 6.45) is 3.43. The molecule has 1 saturated carbocycles. The van der Waals surface area contributed by atoms with Crippen LogP contribution in [0.5, 0.6) is 5.75 Å². The van der Waals surface area contributed by atoms with Gasteiger partial charge < -0.3 is 9.84 Å². The number of halogens is 2. The molecule has 1 fully saturated rings. The molecule has 5 nitrogen and oxygen atoms in total. The van der Waals surface area contributed by atoms with Crippen LogP contribution in [0.3, 0.4) is 0 Å². The number of hydrogen-bond donors (Lipinski definition) is 1. The predicted octanol–water partition coefficient (Wildman–Crippen LogP) is 5.21. The largest absolute Gasteiger partial charge is 0.505 e. The van der Waals surface area contributed by atoms with E-state index in [1.54, 1.807) is 13.8 Å². The Morgan fingerprint density at radius 2 is 1.87 bits per heavy atom. The van der Waals surface area contributed by atoms with Crippen molar-refractivity contribution in [1.82, 2.24) is 4.57 Å². The van der Waals surface area contributed by atoms with E-state index in [0.29, 0.717) is 5.69 Å². The second kappa shape index (κ2) is 8.13. The lowest BCUT2D eigenvalue weighted by atomic mass is 9.97. The molecule has 4 rings (SSSR count). The van der Waals surface area contributed by atoms with Gasteiger partial charge in [0.1, 0.15) is 11.9 Å². The molecule has 1 aliphatic carbocycles. The van der Waals surface area contributed by atoms with Gasteiger partial charge in [-0.2, -0.15) is 0 Å². The summed E-state index contributed by atoms with van der Waals surface area (Å²) in [6.45, 7) is 3.20. The van der Waals surface area contributed by atoms with Crippen LogP contribution < -0.4 is 0 Å². The lowest BCUT2D eigenvalue weighted by Gasteiger charge is -2.17. The van der Waals surface area contributed by atoms with Crippen LogP contribution in [0.1, 0.15) is 60.1 Å². The Balaban J connectivity index is 1.85. The summed E-state index contributed by atoms with van der Waals surface area (Å²) >= 11 is 0. The van der Waals surface area contributed by atoms with Gasteiger partial charge in [-0.15, -0.1) is 0 Å². The van der Waals surface area contributed by atoms with Gasteiger partial charge in [0, 0.05) is 16.6 Å². The minimum atomic E-state index is -0.915. The molecular weight excluding hydrogens is 404 g/mol. The number of benzene rings is 2. The molecule has 162 valence electrons. The molecule has 1 unspecified atom stereocenters. The summed E-state index contributed by atoms with van der Waals surface area (Å²) in [6, 6.07) is 7.77. The molecule has 0 radical (unpaired) electrons. The van der Waals surface area contributed by atoms with Gasteiger partial charge in [-0.25, -0.2) is 8.78 Å². The highest BCUT2D eigenvalue weighted by molar-refractivity contribution is 6.05. The van der Waals surface area contributed by atoms with Crippen molar-refractivity contribution >= 4 is 22.8 Å². The Labute approximate surface area is 178 Å². The van der Waals surface area contributed by atoms with Crippen LogP contribution in [0.15, 0.2) is 36.4 Å². The zero-order valence-electron chi connectivity index (χ0n) is 17.3. The monoisotopic (exact) mass is 427 g/mol. The van der Waals surface area contributed by atoms with Gasteiger partial charge in [-0.3, -0.25) is 14.2 Å². The van der Waals surface area contributed by atoms with Crippen LogP contribution in [0.4, 0.5) is 8.78 Å². The SMILES string of the molecule is Cc1c(C(C)C(=O)OC2CCCC2)c2c(F)c(O)ccc2n1C(=O)c1cccc(F)c1. The third-order valence-electron chi connectivity index (χ3n) is 5.98. The first kappa shape index (κ1) is 21.0. The summed E-state index contributed by atoms with van der Waals surface area (Å²) < 4.78 is 35.6. The zero-order valence-corrected chi connectivity index (χ0v) is 17.3. The van der Waals surface area contributed by atoms with E-state index in [0.717, 1.165) is 37.8 Å². The van der Waals surface area contributed by atoms with E-state index in [4.69, 9.17) is 4.74 Å². The van der Waals surface area contributed by atoms with Gasteiger partial charge in [-0.1, -0.05) is 6.07 Å². The fourth-order valence-electron chi connectivity index (χ4n) is 4.41. The van der Waals surface area contributed by atoms with Crippen LogP contribution >= 0.6 is 0 Å². The Hall–Kier alpha value is -3.22. The number of phenolic OH excluding ortho intramolecular Hbond substituents is 1. The second-order valence-corrected chi connectivity index (χ2v) is 8.01. The minimum Gasteiger partial charge on any atom is -0.505 e. The number of esters is 1. The Bertz CT molecular complexity index is 1180. The molecule has 2 aromatic carbocycles. The third-order valence-corrected chi connectivity index (χ3v) is 5.98. The van der Waals surface area contributed by atoms with Gasteiger partial charge >= 0.3 is 5.97 Å². The van der Waals surface area contributed by atoms with Gasteiger partial charge in [-0.05, 0) is 75.4 Å². The van der Waals surface area contributed by atoms with Crippen LogP contribution in [0, 0.1) is 18.6 Å². The molecule has 1 N–H and O–H groups in total. The number of nitrogens with zero attached hydrogens (tertiary/aromatic N) is 1. The average Bonchev–Trinajstić information content (AvgIpc) is 3.35. The quantitative estimate of drug-likeness (QED) is 0.581. The number of phenols is 1. The minimum absolute atomic E-state index is 0.0156. The number of rotatable bonds is 4. The van der Waals surface area contributed by atoms with E-state index < -0.39 is 35.2 Å². The fraction of sp³-hybridized carbons (Fsp3) is 0.333. The van der Waals surface area contributed by atoms with Gasteiger partial charge in [0.2, 0.25) is 0 Å². The second-order valence-electron chi connectivity index (χ2n) is 8.01. The highest BCUT2D eigenvalue weighted by Crippen LogP contribution is 2.38. The van der Waals surface area contributed by atoms with Crippen molar-refractivity contribution in [2.24, 2.45) is 0 Å². The zero-order chi connectivity index (χ0) is 22.3. The maximum Gasteiger partial charge on any atom is 0.313 e. The number of carbonyl (C=O) groups excluding carboxylic acids is 2. The maximum absolute atomic E-state index is 15.0. The van der Waals surface area contributed by atoms with Crippen molar-refractivity contribution in [2.75, 3.05) is 0 Å². The van der Waals surface area contributed by atoms with E-state index in [-0.39, 0.29) is 28.1 Å². The maximum atomic E-state index is 15.0. The van der Waals surface area contributed by atoms with Crippen LogP contribution in [0.2, 0.25) is 0 Å². The number of aromatic hydroxyl groups is 1. The van der Waals surface area contributed by atoms with E-state index in [1.807, 2.05) is 0 Å². The normalized spacial score (nSPS) is 15.4. The van der Waals surface area contributed by atoms with Crippen molar-refractivity contribution in [3.05, 3.63) is 64.9 Å². The van der Waals surface area contributed by atoms with Crippen molar-refractivity contribution in [2.45, 2.75) is 51.6 Å². The van der Waals surface area contributed by atoms with Crippen LogP contribution in [-0.4, -0.2) is 27.7 Å². The summed E-state index contributed by atoms with van der Waals surface area (Å²) in [5.74, 6) is -3.99. The molecule has 0 spiro atoms. The summed E-state index contributed by atoms with van der Waals surface area (Å²) in [7, 11) is 0.